The number of nitrogens with one attached hydrogen (secondary N) is 2. The number of nitrogens with zero attached hydrogens (tertiary/aromatic N) is 3. The zero-order valence-corrected chi connectivity index (χ0v) is 11.7. The lowest BCUT2D eigenvalue weighted by atomic mass is 10.3. The molecule has 8 heteroatoms. The molecule has 0 spiro atoms. The highest BCUT2D eigenvalue weighted by molar-refractivity contribution is 7.73. The van der Waals surface area contributed by atoms with Gasteiger partial charge in [-0.15, -0.1) is 21.5 Å². The minimum absolute atomic E-state index is 0.0497. The van der Waals surface area contributed by atoms with Gasteiger partial charge in [0.05, 0.1) is 13.0 Å². The van der Waals surface area contributed by atoms with Crippen molar-refractivity contribution in [2.24, 2.45) is 7.05 Å². The largest absolute Gasteiger partial charge is 0.348 e. The molecule has 2 heterocycles. The molecular weight excluding hydrogens is 270 g/mol. The average molecular weight is 283 g/mol. The van der Waals surface area contributed by atoms with Crippen molar-refractivity contribution in [3.8, 4) is 0 Å². The van der Waals surface area contributed by atoms with Crippen LogP contribution in [0.5, 0.6) is 0 Å². The molecule has 2 aromatic rings. The molecule has 0 radical (unpaired) electrons. The van der Waals surface area contributed by atoms with E-state index in [9.17, 15) is 4.79 Å². The highest BCUT2D eigenvalue weighted by Gasteiger charge is 2.09. The van der Waals surface area contributed by atoms with Crippen LogP contribution in [0, 0.1) is 10.9 Å². The number of carbonyl (C=O) groups excluding carboxylic acids is 1. The van der Waals surface area contributed by atoms with Crippen molar-refractivity contribution >= 4 is 29.5 Å². The fraction of sp³-hybridized carbons (Fsp3) is 0.400. The van der Waals surface area contributed by atoms with E-state index in [4.69, 9.17) is 12.2 Å². The molecule has 0 saturated carbocycles. The molecule has 2 N–H and O–H groups in total. The topological polar surface area (TPSA) is 75.6 Å². The number of hydrogen-bond acceptors (Lipinski definition) is 5. The van der Waals surface area contributed by atoms with Crippen molar-refractivity contribution in [1.82, 2.24) is 25.1 Å². The fourth-order valence-electron chi connectivity index (χ4n) is 1.46. The third-order valence-electron chi connectivity index (χ3n) is 2.49. The van der Waals surface area contributed by atoms with Crippen LogP contribution in [0.25, 0.3) is 0 Å². The Morgan fingerprint density at radius 3 is 3.00 bits per heavy atom. The monoisotopic (exact) mass is 283 g/mol. The number of amides is 1. The first-order chi connectivity index (χ1) is 8.56. The number of rotatable bonds is 4. The Morgan fingerprint density at radius 2 is 2.44 bits per heavy atom. The van der Waals surface area contributed by atoms with Crippen LogP contribution < -0.4 is 5.32 Å². The van der Waals surface area contributed by atoms with E-state index in [-0.39, 0.29) is 5.91 Å². The van der Waals surface area contributed by atoms with E-state index in [0.29, 0.717) is 16.9 Å². The second-order valence-corrected chi connectivity index (χ2v) is 5.65. The van der Waals surface area contributed by atoms with E-state index in [2.05, 4.69) is 20.5 Å². The lowest BCUT2D eigenvalue weighted by Gasteiger charge is -2.03. The van der Waals surface area contributed by atoms with E-state index in [1.54, 1.807) is 10.9 Å². The maximum Gasteiger partial charge on any atom is 0.225 e. The summed E-state index contributed by atoms with van der Waals surface area (Å²) in [6, 6.07) is 0. The van der Waals surface area contributed by atoms with Crippen LogP contribution in [0.4, 0.5) is 0 Å². The lowest BCUT2D eigenvalue weighted by Crippen LogP contribution is -2.25. The van der Waals surface area contributed by atoms with E-state index in [1.165, 1.54) is 11.3 Å². The van der Waals surface area contributed by atoms with Crippen molar-refractivity contribution in [3.05, 3.63) is 26.7 Å². The van der Waals surface area contributed by atoms with Crippen molar-refractivity contribution < 1.29 is 4.79 Å². The molecule has 0 aliphatic carbocycles. The molecule has 0 saturated heterocycles. The summed E-state index contributed by atoms with van der Waals surface area (Å²) in [6.07, 6.45) is 1.94. The Bertz CT molecular complexity index is 612. The van der Waals surface area contributed by atoms with E-state index >= 15 is 0 Å². The number of H-pyrrole nitrogens is 1. The molecule has 6 nitrogen and oxygen atoms in total. The van der Waals surface area contributed by atoms with Crippen molar-refractivity contribution in [2.45, 2.75) is 19.9 Å². The molecule has 18 heavy (non-hydrogen) atoms. The molecule has 0 fully saturated rings. The molecule has 96 valence electrons. The van der Waals surface area contributed by atoms with Crippen LogP contribution in [0.15, 0.2) is 6.33 Å². The van der Waals surface area contributed by atoms with Gasteiger partial charge in [0.2, 0.25) is 5.91 Å². The first-order valence-corrected chi connectivity index (χ1v) is 6.57. The second kappa shape index (κ2) is 5.40. The Labute approximate surface area is 113 Å². The highest BCUT2D eigenvalue weighted by atomic mass is 32.1. The van der Waals surface area contributed by atoms with Gasteiger partial charge in [0.15, 0.2) is 9.78 Å². The number of aromatic nitrogens is 4. The number of hydrogen-bond donors (Lipinski definition) is 2. The van der Waals surface area contributed by atoms with Crippen LogP contribution >= 0.6 is 23.6 Å². The van der Waals surface area contributed by atoms with E-state index < -0.39 is 0 Å². The van der Waals surface area contributed by atoms with Gasteiger partial charge in [0.1, 0.15) is 6.33 Å². The van der Waals surface area contributed by atoms with Gasteiger partial charge < -0.3 is 14.9 Å². The van der Waals surface area contributed by atoms with Crippen LogP contribution in [-0.2, 0) is 24.8 Å². The normalized spacial score (nSPS) is 10.6. The summed E-state index contributed by atoms with van der Waals surface area (Å²) in [7, 11) is 1.84. The number of thiazole rings is 1. The minimum atomic E-state index is -0.0497. The van der Waals surface area contributed by atoms with Gasteiger partial charge in [-0.2, -0.15) is 0 Å². The summed E-state index contributed by atoms with van der Waals surface area (Å²) in [5.74, 6) is 0.674. The summed E-state index contributed by atoms with van der Waals surface area (Å²) < 4.78 is 2.47. The third-order valence-corrected chi connectivity index (χ3v) is 3.83. The molecule has 0 bridgehead atoms. The molecule has 0 aliphatic rings. The molecule has 1 amide bonds. The average Bonchev–Trinajstić information content (AvgIpc) is 2.83. The zero-order valence-electron chi connectivity index (χ0n) is 10.1. The predicted molar refractivity (Wildman–Crippen MR) is 70.8 cm³/mol. The van der Waals surface area contributed by atoms with Gasteiger partial charge in [0.25, 0.3) is 0 Å². The standard InChI is InChI=1S/C10H13N5OS2/c1-6-7(18-10(17)13-6)3-9(16)11-4-8-14-12-5-15(8)2/h5H,3-4H2,1-2H3,(H,11,16)(H,13,17). The highest BCUT2D eigenvalue weighted by Crippen LogP contribution is 2.14. The molecule has 0 aromatic carbocycles. The van der Waals surface area contributed by atoms with E-state index in [0.717, 1.165) is 16.4 Å². The molecule has 0 aliphatic heterocycles. The van der Waals surface area contributed by atoms with Crippen LogP contribution in [0.3, 0.4) is 0 Å². The van der Waals surface area contributed by atoms with Gasteiger partial charge in [-0.25, -0.2) is 0 Å². The van der Waals surface area contributed by atoms with Crippen molar-refractivity contribution in [1.29, 1.82) is 0 Å². The maximum atomic E-state index is 11.8. The Morgan fingerprint density at radius 1 is 1.67 bits per heavy atom. The third kappa shape index (κ3) is 3.02. The Kier molecular flexibility index (Phi) is 3.87. The number of carbonyl (C=O) groups is 1. The number of aryl methyl sites for hydroxylation is 2. The number of aromatic amines is 1. The Balaban J connectivity index is 1.92. The zero-order chi connectivity index (χ0) is 13.1. The molecule has 2 aromatic heterocycles. The van der Waals surface area contributed by atoms with Gasteiger partial charge in [0, 0.05) is 17.6 Å². The Hall–Kier alpha value is -1.54. The van der Waals surface area contributed by atoms with Crippen molar-refractivity contribution in [3.63, 3.8) is 0 Å². The summed E-state index contributed by atoms with van der Waals surface area (Å²) >= 11 is 6.46. The maximum absolute atomic E-state index is 11.8. The summed E-state index contributed by atoms with van der Waals surface area (Å²) in [5, 5.41) is 10.4. The molecule has 0 unspecified atom stereocenters. The van der Waals surface area contributed by atoms with Crippen LogP contribution in [-0.4, -0.2) is 25.7 Å². The van der Waals surface area contributed by atoms with Gasteiger partial charge in [-0.1, -0.05) is 0 Å². The summed E-state index contributed by atoms with van der Waals surface area (Å²) in [4.78, 5) is 15.8. The first-order valence-electron chi connectivity index (χ1n) is 5.34. The van der Waals surface area contributed by atoms with Crippen LogP contribution in [0.1, 0.15) is 16.4 Å². The van der Waals surface area contributed by atoms with Gasteiger partial charge in [-0.05, 0) is 19.1 Å². The first kappa shape index (κ1) is 12.9. The SMILES string of the molecule is Cc1[nH]c(=S)sc1CC(=O)NCc1nncn1C. The minimum Gasteiger partial charge on any atom is -0.348 e. The van der Waals surface area contributed by atoms with Crippen molar-refractivity contribution in [2.75, 3.05) is 0 Å². The lowest BCUT2D eigenvalue weighted by molar-refractivity contribution is -0.120. The quantitative estimate of drug-likeness (QED) is 0.824. The van der Waals surface area contributed by atoms with E-state index in [1.807, 2.05) is 14.0 Å². The fourth-order valence-corrected chi connectivity index (χ4v) is 2.75. The smallest absolute Gasteiger partial charge is 0.225 e. The second-order valence-electron chi connectivity index (χ2n) is 3.87. The van der Waals surface area contributed by atoms with Gasteiger partial charge >= 0.3 is 0 Å². The summed E-state index contributed by atoms with van der Waals surface area (Å²) in [6.45, 7) is 2.29. The molecule has 2 rings (SSSR count). The molecule has 0 atom stereocenters. The predicted octanol–water partition coefficient (Wildman–Crippen LogP) is 1.10. The van der Waals surface area contributed by atoms with Crippen LogP contribution in [0.2, 0.25) is 0 Å². The molecular formula is C10H13N5OS2. The summed E-state index contributed by atoms with van der Waals surface area (Å²) in [5.41, 5.74) is 0.957. The van der Waals surface area contributed by atoms with Gasteiger partial charge in [-0.3, -0.25) is 4.79 Å².